The maximum atomic E-state index is 12.2. The summed E-state index contributed by atoms with van der Waals surface area (Å²) in [6.45, 7) is 4.87. The molecule has 2 N–H and O–H groups in total. The second-order valence-corrected chi connectivity index (χ2v) is 5.48. The lowest BCUT2D eigenvalue weighted by molar-refractivity contribution is -0.133. The molecule has 114 valence electrons. The maximum absolute atomic E-state index is 12.2. The highest BCUT2D eigenvalue weighted by atomic mass is 16.2. The highest BCUT2D eigenvalue weighted by molar-refractivity contribution is 5.97. The molecule has 0 aromatic carbocycles. The Bertz CT molecular complexity index is 588. The van der Waals surface area contributed by atoms with Gasteiger partial charge in [-0.1, -0.05) is 0 Å². The van der Waals surface area contributed by atoms with Crippen LogP contribution in [0.15, 0.2) is 17.1 Å². The van der Waals surface area contributed by atoms with Crippen LogP contribution in [0.25, 0.3) is 0 Å². The minimum Gasteiger partial charge on any atom is -0.364 e. The summed E-state index contributed by atoms with van der Waals surface area (Å²) in [4.78, 5) is 40.7. The zero-order valence-electron chi connectivity index (χ0n) is 12.4. The maximum Gasteiger partial charge on any atom is 0.257 e. The summed E-state index contributed by atoms with van der Waals surface area (Å²) in [5.74, 6) is -0.610. The van der Waals surface area contributed by atoms with Gasteiger partial charge in [-0.25, -0.2) is 0 Å². The molecule has 0 spiro atoms. The van der Waals surface area contributed by atoms with Crippen LogP contribution >= 0.6 is 0 Å². The van der Waals surface area contributed by atoms with Gasteiger partial charge in [-0.15, -0.1) is 0 Å². The molecule has 0 aliphatic carbocycles. The van der Waals surface area contributed by atoms with E-state index in [1.54, 1.807) is 18.7 Å². The zero-order chi connectivity index (χ0) is 15.4. The molecule has 1 fully saturated rings. The van der Waals surface area contributed by atoms with E-state index in [0.717, 1.165) is 32.4 Å². The van der Waals surface area contributed by atoms with E-state index >= 15 is 0 Å². The summed E-state index contributed by atoms with van der Waals surface area (Å²) in [6.07, 6.45) is 4.53. The number of piperidine rings is 1. The van der Waals surface area contributed by atoms with Crippen molar-refractivity contribution in [3.05, 3.63) is 33.7 Å². The Labute approximate surface area is 123 Å². The molecule has 1 aromatic rings. The third-order valence-corrected chi connectivity index (χ3v) is 3.69. The predicted molar refractivity (Wildman–Crippen MR) is 79.2 cm³/mol. The zero-order valence-corrected chi connectivity index (χ0v) is 12.4. The van der Waals surface area contributed by atoms with Crippen LogP contribution in [0.2, 0.25) is 0 Å². The van der Waals surface area contributed by atoms with Gasteiger partial charge in [0.25, 0.3) is 5.91 Å². The van der Waals surface area contributed by atoms with Crippen LogP contribution in [-0.4, -0.2) is 40.8 Å². The van der Waals surface area contributed by atoms with Gasteiger partial charge in [0.15, 0.2) is 5.43 Å². The lowest BCUT2D eigenvalue weighted by atomic mass is 10.1. The molecule has 1 aliphatic heterocycles. The molecule has 2 rings (SSSR count). The fourth-order valence-electron chi connectivity index (χ4n) is 2.47. The van der Waals surface area contributed by atoms with Crippen LogP contribution in [0, 0.1) is 6.92 Å². The highest BCUT2D eigenvalue weighted by Gasteiger charge is 2.24. The van der Waals surface area contributed by atoms with Gasteiger partial charge in [0.2, 0.25) is 5.91 Å². The second-order valence-electron chi connectivity index (χ2n) is 5.48. The van der Waals surface area contributed by atoms with Crippen LogP contribution in [-0.2, 0) is 4.79 Å². The van der Waals surface area contributed by atoms with Gasteiger partial charge in [0.05, 0.1) is 0 Å². The Hall–Kier alpha value is -2.11. The summed E-state index contributed by atoms with van der Waals surface area (Å²) in [7, 11) is 0. The number of hydrogen-bond donors (Lipinski definition) is 2. The lowest BCUT2D eigenvalue weighted by Gasteiger charge is -2.29. The van der Waals surface area contributed by atoms with Crippen LogP contribution in [0.1, 0.15) is 42.2 Å². The molecular formula is C15H21N3O3. The van der Waals surface area contributed by atoms with Crippen LogP contribution in [0.3, 0.4) is 0 Å². The summed E-state index contributed by atoms with van der Waals surface area (Å²) >= 11 is 0. The highest BCUT2D eigenvalue weighted by Crippen LogP contribution is 2.10. The Morgan fingerprint density at radius 1 is 1.29 bits per heavy atom. The van der Waals surface area contributed by atoms with Crippen molar-refractivity contribution >= 4 is 11.8 Å². The third-order valence-electron chi connectivity index (χ3n) is 3.69. The van der Waals surface area contributed by atoms with Crippen LogP contribution in [0.4, 0.5) is 0 Å². The minimum atomic E-state index is -0.628. The van der Waals surface area contributed by atoms with E-state index < -0.39 is 11.9 Å². The number of carbonyl (C=O) groups excluding carboxylic acids is 2. The standard InChI is InChI=1S/C15H21N3O3/c1-10-8-13(19)12(9-16-10)14(20)17-11(2)15(21)18-6-4-3-5-7-18/h8-9,11H,3-7H2,1-2H3,(H,16,19)(H,17,20). The molecule has 0 radical (unpaired) electrons. The normalized spacial score (nSPS) is 16.4. The minimum absolute atomic E-state index is 0.0268. The number of H-pyrrole nitrogens is 1. The summed E-state index contributed by atoms with van der Waals surface area (Å²) in [5, 5.41) is 2.60. The molecular weight excluding hydrogens is 270 g/mol. The first-order valence-electron chi connectivity index (χ1n) is 7.28. The number of likely N-dealkylation sites (tertiary alicyclic amines) is 1. The van der Waals surface area contributed by atoms with Crippen LogP contribution in [0.5, 0.6) is 0 Å². The van der Waals surface area contributed by atoms with Crippen LogP contribution < -0.4 is 10.7 Å². The number of amides is 2. The Balaban J connectivity index is 2.01. The van der Waals surface area contributed by atoms with E-state index in [9.17, 15) is 14.4 Å². The molecule has 0 saturated carbocycles. The number of carbonyl (C=O) groups is 2. The number of nitrogens with zero attached hydrogens (tertiary/aromatic N) is 1. The number of aromatic nitrogens is 1. The van der Waals surface area contributed by atoms with Gasteiger partial charge in [0.1, 0.15) is 11.6 Å². The first-order chi connectivity index (χ1) is 9.99. The van der Waals surface area contributed by atoms with E-state index in [1.807, 2.05) is 0 Å². The van der Waals surface area contributed by atoms with Gasteiger partial charge < -0.3 is 15.2 Å². The van der Waals surface area contributed by atoms with E-state index in [4.69, 9.17) is 0 Å². The average molecular weight is 291 g/mol. The molecule has 6 nitrogen and oxygen atoms in total. The molecule has 1 unspecified atom stereocenters. The largest absolute Gasteiger partial charge is 0.364 e. The van der Waals surface area contributed by atoms with Crippen molar-refractivity contribution in [2.24, 2.45) is 0 Å². The van der Waals surface area contributed by atoms with Crippen molar-refractivity contribution in [2.45, 2.75) is 39.2 Å². The number of aromatic amines is 1. The van der Waals surface area contributed by atoms with E-state index in [0.29, 0.717) is 5.69 Å². The van der Waals surface area contributed by atoms with Gasteiger partial charge in [0, 0.05) is 31.0 Å². The molecule has 21 heavy (non-hydrogen) atoms. The van der Waals surface area contributed by atoms with E-state index in [-0.39, 0.29) is 16.9 Å². The Kier molecular flexibility index (Phi) is 4.77. The Morgan fingerprint density at radius 3 is 2.57 bits per heavy atom. The smallest absolute Gasteiger partial charge is 0.257 e. The fraction of sp³-hybridized carbons (Fsp3) is 0.533. The monoisotopic (exact) mass is 291 g/mol. The average Bonchev–Trinajstić information content (AvgIpc) is 2.47. The first kappa shape index (κ1) is 15.3. The van der Waals surface area contributed by atoms with Crippen molar-refractivity contribution in [1.82, 2.24) is 15.2 Å². The number of rotatable bonds is 3. The summed E-state index contributed by atoms with van der Waals surface area (Å²) in [6, 6.07) is 0.739. The van der Waals surface area contributed by atoms with E-state index in [1.165, 1.54) is 12.3 Å². The molecule has 6 heteroatoms. The Morgan fingerprint density at radius 2 is 1.95 bits per heavy atom. The third kappa shape index (κ3) is 3.71. The molecule has 0 bridgehead atoms. The SMILES string of the molecule is Cc1cc(=O)c(C(=O)NC(C)C(=O)N2CCCCC2)c[nH]1. The van der Waals surface area contributed by atoms with Gasteiger partial charge >= 0.3 is 0 Å². The number of aryl methyl sites for hydroxylation is 1. The number of pyridine rings is 1. The van der Waals surface area contributed by atoms with Crippen molar-refractivity contribution in [1.29, 1.82) is 0 Å². The molecule has 1 saturated heterocycles. The molecule has 1 aromatic heterocycles. The quantitative estimate of drug-likeness (QED) is 0.864. The first-order valence-corrected chi connectivity index (χ1v) is 7.28. The second kappa shape index (κ2) is 6.56. The molecule has 1 atom stereocenters. The lowest BCUT2D eigenvalue weighted by Crippen LogP contribution is -2.49. The summed E-state index contributed by atoms with van der Waals surface area (Å²) in [5.41, 5.74) is 0.370. The topological polar surface area (TPSA) is 82.3 Å². The molecule has 2 amide bonds. The van der Waals surface area contributed by atoms with Crippen molar-refractivity contribution in [2.75, 3.05) is 13.1 Å². The number of hydrogen-bond acceptors (Lipinski definition) is 3. The molecule has 2 heterocycles. The van der Waals surface area contributed by atoms with Gasteiger partial charge in [-0.3, -0.25) is 14.4 Å². The summed E-state index contributed by atoms with van der Waals surface area (Å²) < 4.78 is 0. The van der Waals surface area contributed by atoms with Gasteiger partial charge in [-0.05, 0) is 33.1 Å². The van der Waals surface area contributed by atoms with Crippen molar-refractivity contribution in [3.63, 3.8) is 0 Å². The van der Waals surface area contributed by atoms with Crippen molar-refractivity contribution < 1.29 is 9.59 Å². The van der Waals surface area contributed by atoms with E-state index in [2.05, 4.69) is 10.3 Å². The fourth-order valence-corrected chi connectivity index (χ4v) is 2.47. The number of nitrogens with one attached hydrogen (secondary N) is 2. The van der Waals surface area contributed by atoms with Crippen molar-refractivity contribution in [3.8, 4) is 0 Å². The molecule has 1 aliphatic rings. The van der Waals surface area contributed by atoms with Gasteiger partial charge in [-0.2, -0.15) is 0 Å². The predicted octanol–water partition coefficient (Wildman–Crippen LogP) is 0.814.